The molecule has 0 unspecified atom stereocenters. The molecule has 0 saturated heterocycles. The summed E-state index contributed by atoms with van der Waals surface area (Å²) in [6.45, 7) is 2.04. The zero-order valence-electron chi connectivity index (χ0n) is 8.22. The van der Waals surface area contributed by atoms with Crippen LogP contribution in [0.3, 0.4) is 0 Å². The van der Waals surface area contributed by atoms with Crippen molar-refractivity contribution in [3.8, 4) is 0 Å². The van der Waals surface area contributed by atoms with Crippen LogP contribution in [0.2, 0.25) is 5.02 Å². The first-order chi connectivity index (χ1) is 7.13. The van der Waals surface area contributed by atoms with Gasteiger partial charge in [-0.15, -0.1) is 0 Å². The van der Waals surface area contributed by atoms with Gasteiger partial charge in [0, 0.05) is 21.2 Å². The summed E-state index contributed by atoms with van der Waals surface area (Å²) in [6.07, 6.45) is 0.850. The molecule has 2 nitrogen and oxygen atoms in total. The number of hydrogen-bond acceptors (Lipinski definition) is 2. The Balaban J connectivity index is 2.90. The quantitative estimate of drug-likeness (QED) is 0.865. The molecule has 0 fully saturated rings. The normalized spacial score (nSPS) is 10.9. The lowest BCUT2D eigenvalue weighted by atomic mass is 10.1. The summed E-state index contributed by atoms with van der Waals surface area (Å²) in [5, 5.41) is 1.52. The number of anilines is 1. The molecule has 2 N–H and O–H groups in total. The van der Waals surface area contributed by atoms with Crippen LogP contribution in [0.4, 0.5) is 5.69 Å². The third kappa shape index (κ3) is 1.82. The van der Waals surface area contributed by atoms with Crippen LogP contribution >= 0.6 is 27.5 Å². The molecule has 2 rings (SSSR count). The predicted octanol–water partition coefficient (Wildman–Crippen LogP) is 3.80. The second-order valence-corrected chi connectivity index (χ2v) is 4.57. The van der Waals surface area contributed by atoms with E-state index in [1.165, 1.54) is 0 Å². The summed E-state index contributed by atoms with van der Waals surface area (Å²) >= 11 is 9.54. The molecule has 78 valence electrons. The molecule has 0 spiro atoms. The Morgan fingerprint density at radius 3 is 2.87 bits per heavy atom. The number of halogens is 2. The Hall–Kier alpha value is -0.800. The Kier molecular flexibility index (Phi) is 2.85. The van der Waals surface area contributed by atoms with Gasteiger partial charge < -0.3 is 5.73 Å². The van der Waals surface area contributed by atoms with Gasteiger partial charge in [0.15, 0.2) is 0 Å². The van der Waals surface area contributed by atoms with Crippen LogP contribution in [-0.2, 0) is 6.42 Å². The van der Waals surface area contributed by atoms with Crippen LogP contribution in [0.5, 0.6) is 0 Å². The molecule has 0 aliphatic carbocycles. The van der Waals surface area contributed by atoms with Crippen molar-refractivity contribution in [2.75, 3.05) is 5.73 Å². The zero-order chi connectivity index (χ0) is 11.0. The summed E-state index contributed by atoms with van der Waals surface area (Å²) in [6, 6.07) is 5.59. The molecular formula is C11H10BrClN2. The topological polar surface area (TPSA) is 38.9 Å². The first kappa shape index (κ1) is 10.7. The van der Waals surface area contributed by atoms with Crippen LogP contribution in [0.1, 0.15) is 12.6 Å². The van der Waals surface area contributed by atoms with Gasteiger partial charge in [-0.1, -0.05) is 34.5 Å². The number of fused-ring (bicyclic) bond motifs is 1. The first-order valence-electron chi connectivity index (χ1n) is 4.66. The SMILES string of the molecule is CCc1cc(N)c2c(Br)ccc(Cl)c2n1. The van der Waals surface area contributed by atoms with Crippen LogP contribution in [-0.4, -0.2) is 4.98 Å². The van der Waals surface area contributed by atoms with Crippen LogP contribution in [0, 0.1) is 0 Å². The summed E-state index contributed by atoms with van der Waals surface area (Å²) in [7, 11) is 0. The van der Waals surface area contributed by atoms with Gasteiger partial charge in [-0.25, -0.2) is 0 Å². The van der Waals surface area contributed by atoms with Crippen LogP contribution in [0.15, 0.2) is 22.7 Å². The van der Waals surface area contributed by atoms with E-state index in [-0.39, 0.29) is 0 Å². The van der Waals surface area contributed by atoms with Crippen molar-refractivity contribution in [2.24, 2.45) is 0 Å². The van der Waals surface area contributed by atoms with E-state index in [9.17, 15) is 0 Å². The van der Waals surface area contributed by atoms with Crippen molar-refractivity contribution in [1.29, 1.82) is 0 Å². The van der Waals surface area contributed by atoms with Crippen LogP contribution in [0.25, 0.3) is 10.9 Å². The molecule has 0 amide bonds. The fourth-order valence-corrected chi connectivity index (χ4v) is 2.28. The van der Waals surface area contributed by atoms with E-state index in [0.29, 0.717) is 10.7 Å². The maximum Gasteiger partial charge on any atom is 0.0923 e. The number of benzene rings is 1. The minimum Gasteiger partial charge on any atom is -0.398 e. The highest BCUT2D eigenvalue weighted by Gasteiger charge is 2.09. The number of rotatable bonds is 1. The van der Waals surface area contributed by atoms with E-state index in [1.54, 1.807) is 0 Å². The summed E-state index contributed by atoms with van der Waals surface area (Å²) in [5.41, 5.74) is 8.41. The average Bonchev–Trinajstić information content (AvgIpc) is 2.23. The molecule has 0 aliphatic rings. The Bertz CT molecular complexity index is 525. The lowest BCUT2D eigenvalue weighted by Gasteiger charge is -2.07. The molecule has 4 heteroatoms. The Labute approximate surface area is 102 Å². The molecule has 2 aromatic rings. The minimum absolute atomic E-state index is 0.634. The average molecular weight is 286 g/mol. The van der Waals surface area contributed by atoms with Gasteiger partial charge >= 0.3 is 0 Å². The molecular weight excluding hydrogens is 275 g/mol. The summed E-state index contributed by atoms with van der Waals surface area (Å²) < 4.78 is 0.926. The van der Waals surface area contributed by atoms with E-state index in [1.807, 2.05) is 25.1 Å². The monoisotopic (exact) mass is 284 g/mol. The van der Waals surface area contributed by atoms with Crippen molar-refractivity contribution in [1.82, 2.24) is 4.98 Å². The van der Waals surface area contributed by atoms with Gasteiger partial charge in [0.1, 0.15) is 0 Å². The smallest absolute Gasteiger partial charge is 0.0923 e. The van der Waals surface area contributed by atoms with Gasteiger partial charge in [0.05, 0.1) is 10.5 Å². The standard InChI is InChI=1S/C11H10BrClN2/c1-2-6-5-9(14)10-7(12)3-4-8(13)11(10)15-6/h3-5H,2H2,1H3,(H2,14,15). The number of aromatic nitrogens is 1. The maximum absolute atomic E-state index is 6.09. The number of nitrogens with two attached hydrogens (primary N) is 1. The third-order valence-electron chi connectivity index (χ3n) is 2.31. The molecule has 0 radical (unpaired) electrons. The second-order valence-electron chi connectivity index (χ2n) is 3.31. The highest BCUT2D eigenvalue weighted by Crippen LogP contribution is 2.33. The highest BCUT2D eigenvalue weighted by atomic mass is 79.9. The van der Waals surface area contributed by atoms with Crippen LogP contribution < -0.4 is 5.73 Å². The number of aryl methyl sites for hydroxylation is 1. The molecule has 1 aromatic heterocycles. The molecule has 15 heavy (non-hydrogen) atoms. The lowest BCUT2D eigenvalue weighted by molar-refractivity contribution is 1.06. The van der Waals surface area contributed by atoms with E-state index < -0.39 is 0 Å². The molecule has 0 atom stereocenters. The fraction of sp³-hybridized carbons (Fsp3) is 0.182. The van der Waals surface area contributed by atoms with Crippen molar-refractivity contribution < 1.29 is 0 Å². The number of nitrogens with zero attached hydrogens (tertiary/aromatic N) is 1. The van der Waals surface area contributed by atoms with E-state index in [2.05, 4.69) is 20.9 Å². The molecule has 0 saturated carbocycles. The van der Waals surface area contributed by atoms with Crippen molar-refractivity contribution in [2.45, 2.75) is 13.3 Å². The van der Waals surface area contributed by atoms with Gasteiger partial charge in [0.25, 0.3) is 0 Å². The molecule has 1 aromatic carbocycles. The number of hydrogen-bond donors (Lipinski definition) is 1. The fourth-order valence-electron chi connectivity index (χ4n) is 1.53. The van der Waals surface area contributed by atoms with E-state index >= 15 is 0 Å². The van der Waals surface area contributed by atoms with Gasteiger partial charge in [-0.05, 0) is 24.6 Å². The van der Waals surface area contributed by atoms with E-state index in [0.717, 1.165) is 27.5 Å². The minimum atomic E-state index is 0.634. The van der Waals surface area contributed by atoms with Crippen molar-refractivity contribution >= 4 is 44.1 Å². The largest absolute Gasteiger partial charge is 0.398 e. The molecule has 1 heterocycles. The van der Waals surface area contributed by atoms with Gasteiger partial charge in [0.2, 0.25) is 0 Å². The maximum atomic E-state index is 6.09. The predicted molar refractivity (Wildman–Crippen MR) is 68.2 cm³/mol. The zero-order valence-corrected chi connectivity index (χ0v) is 10.6. The summed E-state index contributed by atoms with van der Waals surface area (Å²) in [5.74, 6) is 0. The molecule has 0 bridgehead atoms. The van der Waals surface area contributed by atoms with Gasteiger partial charge in [-0.2, -0.15) is 0 Å². The van der Waals surface area contributed by atoms with E-state index in [4.69, 9.17) is 17.3 Å². The number of nitrogen functional groups attached to an aromatic ring is 1. The summed E-state index contributed by atoms with van der Waals surface area (Å²) in [4.78, 5) is 4.47. The highest BCUT2D eigenvalue weighted by molar-refractivity contribution is 9.10. The molecule has 0 aliphatic heterocycles. The Morgan fingerprint density at radius 1 is 1.47 bits per heavy atom. The van der Waals surface area contributed by atoms with Crippen molar-refractivity contribution in [3.05, 3.63) is 33.4 Å². The number of pyridine rings is 1. The lowest BCUT2D eigenvalue weighted by Crippen LogP contribution is -1.95. The van der Waals surface area contributed by atoms with Crippen molar-refractivity contribution in [3.63, 3.8) is 0 Å². The third-order valence-corrected chi connectivity index (χ3v) is 3.27. The first-order valence-corrected chi connectivity index (χ1v) is 5.83. The second kappa shape index (κ2) is 3.99. The Morgan fingerprint density at radius 2 is 2.20 bits per heavy atom. The van der Waals surface area contributed by atoms with Gasteiger partial charge in [-0.3, -0.25) is 4.98 Å².